The average Bonchev–Trinajstić information content (AvgIpc) is 2.60. The van der Waals surface area contributed by atoms with Gasteiger partial charge in [0.15, 0.2) is 9.84 Å². The molecule has 0 aliphatic carbocycles. The van der Waals surface area contributed by atoms with E-state index in [4.69, 9.17) is 5.26 Å². The lowest BCUT2D eigenvalue weighted by Crippen LogP contribution is -1.98. The second kappa shape index (κ2) is 4.31. The van der Waals surface area contributed by atoms with E-state index in [1.54, 1.807) is 6.07 Å². The van der Waals surface area contributed by atoms with E-state index >= 15 is 0 Å². The molecule has 0 unspecified atom stereocenters. The fourth-order valence-electron chi connectivity index (χ4n) is 1.84. The van der Waals surface area contributed by atoms with E-state index in [1.165, 1.54) is 6.08 Å². The van der Waals surface area contributed by atoms with E-state index in [0.29, 0.717) is 0 Å². The number of allylic oxidation sites excluding steroid dienone is 1. The molecule has 5 heteroatoms. The Hall–Kier alpha value is -2.06. The van der Waals surface area contributed by atoms with Crippen LogP contribution in [0.5, 0.6) is 0 Å². The number of aromatic nitrogens is 1. The van der Waals surface area contributed by atoms with Gasteiger partial charge >= 0.3 is 0 Å². The number of hydrogen-bond acceptors (Lipinski definition) is 3. The molecule has 4 nitrogen and oxygen atoms in total. The lowest BCUT2D eigenvalue weighted by molar-refractivity contribution is 0.609. The quantitative estimate of drug-likeness (QED) is 0.842. The van der Waals surface area contributed by atoms with Crippen LogP contribution in [0.25, 0.3) is 17.0 Å². The van der Waals surface area contributed by atoms with Crippen LogP contribution in [0.3, 0.4) is 0 Å². The van der Waals surface area contributed by atoms with Crippen molar-refractivity contribution < 1.29 is 8.42 Å². The molecule has 0 spiro atoms. The maximum Gasteiger partial charge on any atom is 0.185 e. The third-order valence-electron chi connectivity index (χ3n) is 2.73. The molecule has 0 saturated carbocycles. The number of nitrogens with zero attached hydrogens (tertiary/aromatic N) is 1. The predicted molar refractivity (Wildman–Crippen MR) is 71.5 cm³/mol. The summed E-state index contributed by atoms with van der Waals surface area (Å²) in [5.74, 6) is 0. The molecular weight excluding hydrogens is 248 g/mol. The first kappa shape index (κ1) is 12.4. The predicted octanol–water partition coefficient (Wildman–Crippen LogP) is 2.39. The molecular formula is C13H12N2O2S. The van der Waals surface area contributed by atoms with Crippen molar-refractivity contribution in [3.8, 4) is 6.07 Å². The monoisotopic (exact) mass is 260 g/mol. The number of fused-ring (bicyclic) bond motifs is 1. The van der Waals surface area contributed by atoms with Crippen LogP contribution in [-0.2, 0) is 9.84 Å². The molecule has 0 atom stereocenters. The Labute approximate surface area is 105 Å². The van der Waals surface area contributed by atoms with Crippen molar-refractivity contribution >= 4 is 26.8 Å². The number of benzene rings is 1. The number of aromatic amines is 1. The van der Waals surface area contributed by atoms with Gasteiger partial charge < -0.3 is 4.98 Å². The molecule has 0 saturated heterocycles. The molecule has 0 bridgehead atoms. The molecule has 2 aromatic rings. The van der Waals surface area contributed by atoms with Crippen LogP contribution in [0, 0.1) is 18.3 Å². The number of nitriles is 1. The minimum atomic E-state index is -3.49. The smallest absolute Gasteiger partial charge is 0.185 e. The standard InChI is InChI=1S/C13H12N2O2S/c1-9-12(7-10(8-14)18(2,16)17)11-5-3-4-6-13(11)15-9/h3-7,15H,1-2H3/b10-7+. The van der Waals surface area contributed by atoms with E-state index in [9.17, 15) is 8.42 Å². The van der Waals surface area contributed by atoms with E-state index < -0.39 is 9.84 Å². The summed E-state index contributed by atoms with van der Waals surface area (Å²) in [5, 5.41) is 9.82. The van der Waals surface area contributed by atoms with Gasteiger partial charge in [-0.25, -0.2) is 8.42 Å². The van der Waals surface area contributed by atoms with Gasteiger partial charge in [0, 0.05) is 28.4 Å². The number of rotatable bonds is 2. The first-order valence-corrected chi connectivity index (χ1v) is 7.22. The fraction of sp³-hybridized carbons (Fsp3) is 0.154. The van der Waals surface area contributed by atoms with Gasteiger partial charge in [0.2, 0.25) is 0 Å². The Balaban J connectivity index is 2.73. The zero-order valence-corrected chi connectivity index (χ0v) is 10.9. The third-order valence-corrected chi connectivity index (χ3v) is 3.74. The molecule has 0 radical (unpaired) electrons. The summed E-state index contributed by atoms with van der Waals surface area (Å²) >= 11 is 0. The molecule has 0 aliphatic rings. The zero-order chi connectivity index (χ0) is 13.3. The van der Waals surface area contributed by atoms with Crippen molar-refractivity contribution in [1.82, 2.24) is 4.98 Å². The SMILES string of the molecule is Cc1[nH]c2ccccc2c1/C=C(\C#N)S(C)(=O)=O. The van der Waals surface area contributed by atoms with Gasteiger partial charge in [-0.3, -0.25) is 0 Å². The lowest BCUT2D eigenvalue weighted by Gasteiger charge is -1.96. The first-order valence-electron chi connectivity index (χ1n) is 5.32. The zero-order valence-electron chi connectivity index (χ0n) is 10.1. The molecule has 1 aromatic carbocycles. The molecule has 92 valence electrons. The Morgan fingerprint density at radius 1 is 1.39 bits per heavy atom. The Morgan fingerprint density at radius 3 is 2.67 bits per heavy atom. The normalized spacial score (nSPS) is 12.6. The highest BCUT2D eigenvalue weighted by atomic mass is 32.2. The van der Waals surface area contributed by atoms with E-state index in [1.807, 2.05) is 31.2 Å². The van der Waals surface area contributed by atoms with Crippen molar-refractivity contribution in [2.45, 2.75) is 6.92 Å². The summed E-state index contributed by atoms with van der Waals surface area (Å²) in [5.41, 5.74) is 2.51. The van der Waals surface area contributed by atoms with Crippen LogP contribution < -0.4 is 0 Å². The number of H-pyrrole nitrogens is 1. The molecule has 0 fully saturated rings. The number of para-hydroxylation sites is 1. The largest absolute Gasteiger partial charge is 0.358 e. The maximum absolute atomic E-state index is 11.4. The molecule has 0 aliphatic heterocycles. The second-order valence-electron chi connectivity index (χ2n) is 4.10. The van der Waals surface area contributed by atoms with Gasteiger partial charge in [-0.2, -0.15) is 5.26 Å². The van der Waals surface area contributed by atoms with Crippen molar-refractivity contribution in [1.29, 1.82) is 5.26 Å². The van der Waals surface area contributed by atoms with Gasteiger partial charge in [0.05, 0.1) is 0 Å². The minimum Gasteiger partial charge on any atom is -0.358 e. The minimum absolute atomic E-state index is 0.227. The third kappa shape index (κ3) is 2.15. The van der Waals surface area contributed by atoms with Crippen LogP contribution in [0.4, 0.5) is 0 Å². The molecule has 18 heavy (non-hydrogen) atoms. The molecule has 2 rings (SSSR count). The van der Waals surface area contributed by atoms with Crippen molar-refractivity contribution in [3.05, 3.63) is 40.4 Å². The molecule has 1 aromatic heterocycles. The van der Waals surface area contributed by atoms with Gasteiger partial charge in [0.25, 0.3) is 0 Å². The van der Waals surface area contributed by atoms with Crippen LogP contribution in [-0.4, -0.2) is 19.7 Å². The van der Waals surface area contributed by atoms with Crippen molar-refractivity contribution in [2.75, 3.05) is 6.26 Å². The summed E-state index contributed by atoms with van der Waals surface area (Å²) < 4.78 is 22.9. The number of aryl methyl sites for hydroxylation is 1. The number of hydrogen-bond donors (Lipinski definition) is 1. The number of nitrogens with one attached hydrogen (secondary N) is 1. The highest BCUT2D eigenvalue weighted by molar-refractivity contribution is 7.95. The Kier molecular flexibility index (Phi) is 2.97. The van der Waals surface area contributed by atoms with Gasteiger partial charge in [-0.15, -0.1) is 0 Å². The van der Waals surface area contributed by atoms with Crippen LogP contribution in [0.2, 0.25) is 0 Å². The van der Waals surface area contributed by atoms with Crippen molar-refractivity contribution in [3.63, 3.8) is 0 Å². The van der Waals surface area contributed by atoms with Crippen LogP contribution in [0.15, 0.2) is 29.2 Å². The summed E-state index contributed by atoms with van der Waals surface area (Å²) in [4.78, 5) is 2.93. The van der Waals surface area contributed by atoms with E-state index in [-0.39, 0.29) is 4.91 Å². The molecule has 1 N–H and O–H groups in total. The Morgan fingerprint density at radius 2 is 2.06 bits per heavy atom. The maximum atomic E-state index is 11.4. The van der Waals surface area contributed by atoms with E-state index in [2.05, 4.69) is 4.98 Å². The first-order chi connectivity index (χ1) is 8.43. The topological polar surface area (TPSA) is 73.7 Å². The second-order valence-corrected chi connectivity index (χ2v) is 6.09. The summed E-state index contributed by atoms with van der Waals surface area (Å²) in [6.45, 7) is 1.85. The van der Waals surface area contributed by atoms with Gasteiger partial charge in [-0.1, -0.05) is 18.2 Å². The molecule has 1 heterocycles. The lowest BCUT2D eigenvalue weighted by atomic mass is 10.1. The summed E-state index contributed by atoms with van der Waals surface area (Å²) in [7, 11) is -3.49. The summed E-state index contributed by atoms with van der Waals surface area (Å²) in [6.07, 6.45) is 2.45. The Bertz CT molecular complexity index is 777. The van der Waals surface area contributed by atoms with Gasteiger partial charge in [0.1, 0.15) is 11.0 Å². The van der Waals surface area contributed by atoms with E-state index in [0.717, 1.165) is 28.4 Å². The van der Waals surface area contributed by atoms with Crippen molar-refractivity contribution in [2.24, 2.45) is 0 Å². The summed E-state index contributed by atoms with van der Waals surface area (Å²) in [6, 6.07) is 9.30. The number of sulfone groups is 1. The fourth-order valence-corrected chi connectivity index (χ4v) is 2.34. The highest BCUT2D eigenvalue weighted by Gasteiger charge is 2.13. The van der Waals surface area contributed by atoms with Crippen LogP contribution >= 0.6 is 0 Å². The highest BCUT2D eigenvalue weighted by Crippen LogP contribution is 2.25. The molecule has 0 amide bonds. The van der Waals surface area contributed by atoms with Gasteiger partial charge in [-0.05, 0) is 19.1 Å². The average molecular weight is 260 g/mol. The van der Waals surface area contributed by atoms with Crippen LogP contribution in [0.1, 0.15) is 11.3 Å².